The summed E-state index contributed by atoms with van der Waals surface area (Å²) < 4.78 is 1.80. The van der Waals surface area contributed by atoms with Crippen molar-refractivity contribution in [3.63, 3.8) is 0 Å². The number of anilines is 1. The number of carbonyl (C=O) groups is 2. The zero-order chi connectivity index (χ0) is 11.7. The number of amides is 1. The van der Waals surface area contributed by atoms with Crippen molar-refractivity contribution in [3.8, 4) is 0 Å². The van der Waals surface area contributed by atoms with Gasteiger partial charge in [0.2, 0.25) is 5.91 Å². The molecule has 1 fully saturated rings. The van der Waals surface area contributed by atoms with Gasteiger partial charge in [-0.1, -0.05) is 6.92 Å². The molecule has 1 aromatic rings. The van der Waals surface area contributed by atoms with Crippen molar-refractivity contribution in [3.05, 3.63) is 11.8 Å². The summed E-state index contributed by atoms with van der Waals surface area (Å²) in [5, 5.41) is 4.22. The van der Waals surface area contributed by atoms with Crippen LogP contribution in [0.1, 0.15) is 25.3 Å². The monoisotopic (exact) mass is 221 g/mol. The highest BCUT2D eigenvalue weighted by atomic mass is 16.2. The highest BCUT2D eigenvalue weighted by Gasteiger charge is 2.31. The second-order valence-electron chi connectivity index (χ2n) is 4.07. The van der Waals surface area contributed by atoms with Gasteiger partial charge in [0.1, 0.15) is 5.82 Å². The van der Waals surface area contributed by atoms with Gasteiger partial charge in [0.25, 0.3) is 0 Å². The number of hydrogen-bond acceptors (Lipinski definition) is 3. The largest absolute Gasteiger partial charge is 0.297 e. The Hall–Kier alpha value is -1.65. The second kappa shape index (κ2) is 4.08. The summed E-state index contributed by atoms with van der Waals surface area (Å²) in [6.45, 7) is 4.92. The molecule has 0 saturated carbocycles. The number of nitrogens with zero attached hydrogens (tertiary/aromatic N) is 3. The fraction of sp³-hybridized carbons (Fsp3) is 0.545. The Balaban J connectivity index is 2.35. The van der Waals surface area contributed by atoms with E-state index < -0.39 is 0 Å². The lowest BCUT2D eigenvalue weighted by atomic mass is 10.3. The number of rotatable bonds is 3. The number of carbonyl (C=O) groups excluding carboxylic acids is 2. The van der Waals surface area contributed by atoms with Crippen LogP contribution in [0.5, 0.6) is 0 Å². The summed E-state index contributed by atoms with van der Waals surface area (Å²) in [4.78, 5) is 24.4. The van der Waals surface area contributed by atoms with Crippen LogP contribution in [0.4, 0.5) is 5.82 Å². The maximum absolute atomic E-state index is 11.7. The maximum atomic E-state index is 11.7. The van der Waals surface area contributed by atoms with Crippen LogP contribution in [0, 0.1) is 6.92 Å². The number of aryl methyl sites for hydroxylation is 2. The van der Waals surface area contributed by atoms with Gasteiger partial charge in [-0.2, -0.15) is 5.10 Å². The van der Waals surface area contributed by atoms with Crippen LogP contribution in [-0.4, -0.2) is 28.0 Å². The van der Waals surface area contributed by atoms with E-state index in [0.717, 1.165) is 24.3 Å². The Morgan fingerprint density at radius 3 is 2.75 bits per heavy atom. The molecule has 1 aliphatic heterocycles. The molecule has 1 aliphatic rings. The SMILES string of the molecule is CCCn1ncc(C)c1N1CC(=O)CC1=O. The first-order valence-electron chi connectivity index (χ1n) is 5.48. The minimum absolute atomic E-state index is 0.0198. The van der Waals surface area contributed by atoms with Crippen molar-refractivity contribution in [2.75, 3.05) is 11.4 Å². The lowest BCUT2D eigenvalue weighted by molar-refractivity contribution is -0.121. The number of ketones is 1. The molecule has 16 heavy (non-hydrogen) atoms. The first-order chi connectivity index (χ1) is 7.63. The second-order valence-corrected chi connectivity index (χ2v) is 4.07. The zero-order valence-corrected chi connectivity index (χ0v) is 9.56. The van der Waals surface area contributed by atoms with Gasteiger partial charge in [0.05, 0.1) is 19.2 Å². The van der Waals surface area contributed by atoms with Gasteiger partial charge in [-0.05, 0) is 13.3 Å². The van der Waals surface area contributed by atoms with Crippen LogP contribution in [-0.2, 0) is 16.1 Å². The average Bonchev–Trinajstić information content (AvgIpc) is 2.71. The van der Waals surface area contributed by atoms with Gasteiger partial charge in [-0.3, -0.25) is 14.5 Å². The number of Topliss-reactive ketones (excluding diaryl/α,β-unsaturated/α-hetero) is 1. The van der Waals surface area contributed by atoms with E-state index in [4.69, 9.17) is 0 Å². The molecule has 0 atom stereocenters. The van der Waals surface area contributed by atoms with Crippen molar-refractivity contribution in [1.82, 2.24) is 9.78 Å². The minimum Gasteiger partial charge on any atom is -0.297 e. The molecular formula is C11H15N3O2. The molecule has 0 N–H and O–H groups in total. The van der Waals surface area contributed by atoms with Gasteiger partial charge in [0.15, 0.2) is 5.78 Å². The Morgan fingerprint density at radius 2 is 2.19 bits per heavy atom. The van der Waals surface area contributed by atoms with E-state index in [1.54, 1.807) is 15.8 Å². The topological polar surface area (TPSA) is 55.2 Å². The fourth-order valence-electron chi connectivity index (χ4n) is 1.98. The molecule has 0 bridgehead atoms. The van der Waals surface area contributed by atoms with E-state index in [0.29, 0.717) is 0 Å². The predicted molar refractivity (Wildman–Crippen MR) is 59.2 cm³/mol. The summed E-state index contributed by atoms with van der Waals surface area (Å²) in [6, 6.07) is 0. The van der Waals surface area contributed by atoms with E-state index in [-0.39, 0.29) is 24.7 Å². The van der Waals surface area contributed by atoms with Crippen LogP contribution in [0.15, 0.2) is 6.20 Å². The highest BCUT2D eigenvalue weighted by molar-refractivity contribution is 6.14. The molecule has 1 saturated heterocycles. The third kappa shape index (κ3) is 1.73. The Labute approximate surface area is 94.0 Å². The van der Waals surface area contributed by atoms with E-state index in [1.165, 1.54) is 0 Å². The lowest BCUT2D eigenvalue weighted by Gasteiger charge is -2.17. The lowest BCUT2D eigenvalue weighted by Crippen LogP contribution is -2.28. The van der Waals surface area contributed by atoms with Crippen molar-refractivity contribution in [2.45, 2.75) is 33.2 Å². The van der Waals surface area contributed by atoms with Crippen LogP contribution >= 0.6 is 0 Å². The Morgan fingerprint density at radius 1 is 1.44 bits per heavy atom. The van der Waals surface area contributed by atoms with Gasteiger partial charge in [0, 0.05) is 12.1 Å². The molecule has 0 radical (unpaired) electrons. The van der Waals surface area contributed by atoms with Crippen LogP contribution < -0.4 is 4.90 Å². The van der Waals surface area contributed by atoms with E-state index in [2.05, 4.69) is 12.0 Å². The molecule has 2 heterocycles. The van der Waals surface area contributed by atoms with Crippen molar-refractivity contribution >= 4 is 17.5 Å². The first-order valence-corrected chi connectivity index (χ1v) is 5.48. The summed E-state index contributed by atoms with van der Waals surface area (Å²) in [5.41, 5.74) is 0.941. The summed E-state index contributed by atoms with van der Waals surface area (Å²) in [5.74, 6) is 0.636. The standard InChI is InChI=1S/C11H15N3O2/c1-3-4-14-11(8(2)6-12-14)13-7-9(15)5-10(13)16/h6H,3-5,7H2,1-2H3. The maximum Gasteiger partial charge on any atom is 0.236 e. The highest BCUT2D eigenvalue weighted by Crippen LogP contribution is 2.23. The Bertz CT molecular complexity index is 436. The van der Waals surface area contributed by atoms with E-state index >= 15 is 0 Å². The summed E-state index contributed by atoms with van der Waals surface area (Å²) in [6.07, 6.45) is 2.71. The molecule has 1 aromatic heterocycles. The Kier molecular flexibility index (Phi) is 2.77. The summed E-state index contributed by atoms with van der Waals surface area (Å²) >= 11 is 0. The van der Waals surface area contributed by atoms with Crippen molar-refractivity contribution in [2.24, 2.45) is 0 Å². The van der Waals surface area contributed by atoms with E-state index in [1.807, 2.05) is 6.92 Å². The van der Waals surface area contributed by atoms with E-state index in [9.17, 15) is 9.59 Å². The average molecular weight is 221 g/mol. The molecular weight excluding hydrogens is 206 g/mol. The van der Waals surface area contributed by atoms with Crippen LogP contribution in [0.3, 0.4) is 0 Å². The smallest absolute Gasteiger partial charge is 0.236 e. The molecule has 0 spiro atoms. The third-order valence-electron chi connectivity index (χ3n) is 2.66. The minimum atomic E-state index is -0.119. The predicted octanol–water partition coefficient (Wildman–Crippen LogP) is 0.907. The molecule has 0 unspecified atom stereocenters. The zero-order valence-electron chi connectivity index (χ0n) is 9.56. The van der Waals surface area contributed by atoms with Gasteiger partial charge in [-0.25, -0.2) is 4.68 Å². The molecule has 1 amide bonds. The normalized spacial score (nSPS) is 16.2. The molecule has 0 aromatic carbocycles. The summed E-state index contributed by atoms with van der Waals surface area (Å²) in [7, 11) is 0. The van der Waals surface area contributed by atoms with Gasteiger partial charge < -0.3 is 0 Å². The van der Waals surface area contributed by atoms with Gasteiger partial charge >= 0.3 is 0 Å². The molecule has 5 heteroatoms. The molecule has 5 nitrogen and oxygen atoms in total. The molecule has 2 rings (SSSR count). The van der Waals surface area contributed by atoms with Crippen molar-refractivity contribution < 1.29 is 9.59 Å². The third-order valence-corrected chi connectivity index (χ3v) is 2.66. The molecule has 86 valence electrons. The first kappa shape index (κ1) is 10.9. The molecule has 0 aliphatic carbocycles. The number of hydrogen-bond donors (Lipinski definition) is 0. The van der Waals surface area contributed by atoms with Crippen LogP contribution in [0.2, 0.25) is 0 Å². The number of aromatic nitrogens is 2. The van der Waals surface area contributed by atoms with Crippen molar-refractivity contribution in [1.29, 1.82) is 0 Å². The van der Waals surface area contributed by atoms with Gasteiger partial charge in [-0.15, -0.1) is 0 Å². The van der Waals surface area contributed by atoms with Crippen LogP contribution in [0.25, 0.3) is 0 Å². The fourth-order valence-corrected chi connectivity index (χ4v) is 1.98. The quantitative estimate of drug-likeness (QED) is 0.713.